The molecule has 3 N–H and O–H groups in total. The molecule has 1 aromatic rings. The van der Waals surface area contributed by atoms with Crippen molar-refractivity contribution in [2.24, 2.45) is 0 Å². The van der Waals surface area contributed by atoms with Crippen molar-refractivity contribution in [3.8, 4) is 11.5 Å². The predicted molar refractivity (Wildman–Crippen MR) is 63.7 cm³/mol. The zero-order valence-electron chi connectivity index (χ0n) is 9.88. The number of aromatic hydroxyl groups is 1. The Morgan fingerprint density at radius 1 is 1.50 bits per heavy atom. The summed E-state index contributed by atoms with van der Waals surface area (Å²) in [6, 6.07) is 2.70. The number of nitrogens with zero attached hydrogens (tertiary/aromatic N) is 1. The Morgan fingerprint density at radius 2 is 2.28 bits per heavy atom. The van der Waals surface area contributed by atoms with Gasteiger partial charge in [0.15, 0.2) is 11.5 Å². The van der Waals surface area contributed by atoms with E-state index in [1.54, 1.807) is 4.90 Å². The third-order valence-corrected chi connectivity index (χ3v) is 3.54. The zero-order chi connectivity index (χ0) is 12.9. The molecule has 2 heterocycles. The summed E-state index contributed by atoms with van der Waals surface area (Å²) in [5.41, 5.74) is 0.839. The molecule has 2 aliphatic rings. The number of fused-ring (bicyclic) bond motifs is 2. The van der Waals surface area contributed by atoms with Gasteiger partial charge in [0.05, 0.1) is 24.4 Å². The van der Waals surface area contributed by atoms with Crippen LogP contribution in [0.1, 0.15) is 16.8 Å². The number of carbonyl (C=O) groups is 1. The third-order valence-electron chi connectivity index (χ3n) is 3.54. The summed E-state index contributed by atoms with van der Waals surface area (Å²) >= 11 is 0. The molecule has 0 spiro atoms. The Kier molecular flexibility index (Phi) is 2.34. The lowest BCUT2D eigenvalue weighted by Gasteiger charge is -2.41. The van der Waals surface area contributed by atoms with Gasteiger partial charge in [0.1, 0.15) is 6.23 Å². The number of hydrogen-bond acceptors (Lipinski definition) is 5. The van der Waals surface area contributed by atoms with Crippen LogP contribution in [0.3, 0.4) is 0 Å². The first-order chi connectivity index (χ1) is 8.61. The molecule has 1 fully saturated rings. The maximum Gasteiger partial charge on any atom is 0.256 e. The third kappa shape index (κ3) is 1.42. The molecule has 6 heteroatoms. The van der Waals surface area contributed by atoms with Crippen molar-refractivity contribution in [3.05, 3.63) is 17.7 Å². The SMILES string of the molecule is COc1cc2c(cc1O)NC(O)[C@@H]1CCN1C2=O. The van der Waals surface area contributed by atoms with Gasteiger partial charge in [-0.15, -0.1) is 0 Å². The van der Waals surface area contributed by atoms with Gasteiger partial charge < -0.3 is 25.2 Å². The number of phenols is 1. The summed E-state index contributed by atoms with van der Waals surface area (Å²) in [4.78, 5) is 13.9. The molecule has 0 saturated carbocycles. The highest BCUT2D eigenvalue weighted by molar-refractivity contribution is 6.02. The molecule has 1 amide bonds. The molecule has 1 aromatic carbocycles. The Bertz CT molecular complexity index is 517. The van der Waals surface area contributed by atoms with Gasteiger partial charge in [-0.25, -0.2) is 0 Å². The summed E-state index contributed by atoms with van der Waals surface area (Å²) in [6.45, 7) is 0.644. The molecular weight excluding hydrogens is 236 g/mol. The number of benzene rings is 1. The van der Waals surface area contributed by atoms with E-state index in [2.05, 4.69) is 5.32 Å². The Labute approximate surface area is 104 Å². The largest absolute Gasteiger partial charge is 0.504 e. The van der Waals surface area contributed by atoms with Crippen molar-refractivity contribution in [2.45, 2.75) is 18.7 Å². The molecule has 0 bridgehead atoms. The van der Waals surface area contributed by atoms with Crippen LogP contribution in [0.15, 0.2) is 12.1 Å². The molecule has 18 heavy (non-hydrogen) atoms. The lowest BCUT2D eigenvalue weighted by molar-refractivity contribution is 0.00699. The lowest BCUT2D eigenvalue weighted by atomic mass is 10.0. The Morgan fingerprint density at radius 3 is 2.89 bits per heavy atom. The van der Waals surface area contributed by atoms with Crippen LogP contribution >= 0.6 is 0 Å². The molecule has 2 aliphatic heterocycles. The van der Waals surface area contributed by atoms with E-state index in [4.69, 9.17) is 4.74 Å². The quantitative estimate of drug-likeness (QED) is 0.670. The van der Waals surface area contributed by atoms with E-state index >= 15 is 0 Å². The van der Waals surface area contributed by atoms with Crippen LogP contribution in [0.25, 0.3) is 0 Å². The average molecular weight is 250 g/mol. The molecule has 3 rings (SSSR count). The minimum atomic E-state index is -0.809. The normalized spacial score (nSPS) is 25.4. The van der Waals surface area contributed by atoms with Crippen LogP contribution in [0, 0.1) is 0 Å². The Hall–Kier alpha value is -1.95. The van der Waals surface area contributed by atoms with Gasteiger partial charge in [-0.2, -0.15) is 0 Å². The van der Waals surface area contributed by atoms with Gasteiger partial charge in [0.25, 0.3) is 5.91 Å². The van der Waals surface area contributed by atoms with Crippen molar-refractivity contribution in [1.29, 1.82) is 0 Å². The molecule has 2 atom stereocenters. The van der Waals surface area contributed by atoms with Crippen LogP contribution in [0.5, 0.6) is 11.5 Å². The second-order valence-corrected chi connectivity index (χ2v) is 4.51. The highest BCUT2D eigenvalue weighted by atomic mass is 16.5. The number of anilines is 1. The summed E-state index contributed by atoms with van der Waals surface area (Å²) in [6.07, 6.45) is -0.0338. The second kappa shape index (κ2) is 3.78. The number of phenolic OH excluding ortho intramolecular Hbond substituents is 1. The van der Waals surface area contributed by atoms with Gasteiger partial charge in [0, 0.05) is 12.6 Å². The van der Waals surface area contributed by atoms with Crippen molar-refractivity contribution in [2.75, 3.05) is 19.0 Å². The predicted octanol–water partition coefficient (Wildman–Crippen LogP) is 0.359. The maximum absolute atomic E-state index is 12.3. The molecule has 0 radical (unpaired) electrons. The lowest BCUT2D eigenvalue weighted by Crippen LogP contribution is -2.57. The number of methoxy groups -OCH3 is 1. The second-order valence-electron chi connectivity index (χ2n) is 4.51. The minimum absolute atomic E-state index is 0.0620. The molecule has 0 aromatic heterocycles. The van der Waals surface area contributed by atoms with Gasteiger partial charge >= 0.3 is 0 Å². The van der Waals surface area contributed by atoms with Gasteiger partial charge in [0.2, 0.25) is 0 Å². The van der Waals surface area contributed by atoms with E-state index in [1.807, 2.05) is 0 Å². The number of ether oxygens (including phenoxy) is 1. The zero-order valence-corrected chi connectivity index (χ0v) is 9.88. The molecule has 0 aliphatic carbocycles. The van der Waals surface area contributed by atoms with Crippen molar-refractivity contribution in [1.82, 2.24) is 4.90 Å². The average Bonchev–Trinajstić information content (AvgIpc) is 2.32. The number of amides is 1. The highest BCUT2D eigenvalue weighted by Gasteiger charge is 2.41. The van der Waals surface area contributed by atoms with Crippen LogP contribution < -0.4 is 10.1 Å². The monoisotopic (exact) mass is 250 g/mol. The fraction of sp³-hybridized carbons (Fsp3) is 0.417. The van der Waals surface area contributed by atoms with E-state index in [0.717, 1.165) is 6.42 Å². The molecule has 6 nitrogen and oxygen atoms in total. The van der Waals surface area contributed by atoms with Crippen molar-refractivity contribution >= 4 is 11.6 Å². The van der Waals surface area contributed by atoms with Crippen molar-refractivity contribution < 1.29 is 19.7 Å². The molecule has 1 saturated heterocycles. The van der Waals surface area contributed by atoms with E-state index < -0.39 is 6.23 Å². The van der Waals surface area contributed by atoms with Crippen LogP contribution in [0.4, 0.5) is 5.69 Å². The summed E-state index contributed by atoms with van der Waals surface area (Å²) in [5, 5.41) is 22.5. The topological polar surface area (TPSA) is 82.0 Å². The summed E-state index contributed by atoms with van der Waals surface area (Å²) in [7, 11) is 1.43. The number of aliphatic hydroxyl groups is 1. The van der Waals surface area contributed by atoms with E-state index in [1.165, 1.54) is 19.2 Å². The first-order valence-corrected chi connectivity index (χ1v) is 5.78. The fourth-order valence-electron chi connectivity index (χ4n) is 2.43. The number of aliphatic hydroxyl groups excluding tert-OH is 1. The standard InChI is InChI=1S/C12H14N2O4/c1-18-10-4-6-7(5-9(10)15)13-11(16)8-2-3-14(8)12(6)17/h4-5,8,11,13,15-16H,2-3H2,1H3/t8-,11?/m0/s1. The van der Waals surface area contributed by atoms with Gasteiger partial charge in [-0.1, -0.05) is 0 Å². The van der Waals surface area contributed by atoms with Crippen LogP contribution in [0.2, 0.25) is 0 Å². The van der Waals surface area contributed by atoms with Crippen LogP contribution in [-0.2, 0) is 0 Å². The molecule has 96 valence electrons. The van der Waals surface area contributed by atoms with Gasteiger partial charge in [-0.05, 0) is 12.5 Å². The smallest absolute Gasteiger partial charge is 0.256 e. The fourth-order valence-corrected chi connectivity index (χ4v) is 2.43. The molecule has 1 unspecified atom stereocenters. The maximum atomic E-state index is 12.3. The number of nitrogens with one attached hydrogen (secondary N) is 1. The van der Waals surface area contributed by atoms with Gasteiger partial charge in [-0.3, -0.25) is 4.79 Å². The number of hydrogen-bond donors (Lipinski definition) is 3. The van der Waals surface area contributed by atoms with E-state index in [0.29, 0.717) is 17.8 Å². The number of carbonyl (C=O) groups excluding carboxylic acids is 1. The minimum Gasteiger partial charge on any atom is -0.504 e. The summed E-state index contributed by atoms with van der Waals surface area (Å²) < 4.78 is 5.00. The van der Waals surface area contributed by atoms with Crippen molar-refractivity contribution in [3.63, 3.8) is 0 Å². The van der Waals surface area contributed by atoms with E-state index in [-0.39, 0.29) is 23.4 Å². The summed E-state index contributed by atoms with van der Waals surface area (Å²) in [5.74, 6) is 0.0361. The van der Waals surface area contributed by atoms with Crippen LogP contribution in [-0.4, -0.2) is 46.9 Å². The first kappa shape index (κ1) is 11.2. The highest BCUT2D eigenvalue weighted by Crippen LogP contribution is 2.37. The molecular formula is C12H14N2O4. The van der Waals surface area contributed by atoms with E-state index in [9.17, 15) is 15.0 Å². The Balaban J connectivity index is 2.10. The first-order valence-electron chi connectivity index (χ1n) is 5.78. The number of rotatable bonds is 1.